The lowest BCUT2D eigenvalue weighted by molar-refractivity contribution is 0.0505. The highest BCUT2D eigenvalue weighted by Gasteiger charge is 2.21. The lowest BCUT2D eigenvalue weighted by atomic mass is 10.2. The van der Waals surface area contributed by atoms with Gasteiger partial charge < -0.3 is 10.1 Å². The van der Waals surface area contributed by atoms with Crippen LogP contribution in [-0.2, 0) is 4.74 Å². The Balaban J connectivity index is 2.15. The van der Waals surface area contributed by atoms with E-state index in [0.29, 0.717) is 11.6 Å². The van der Waals surface area contributed by atoms with E-state index in [4.69, 9.17) is 16.3 Å². The van der Waals surface area contributed by atoms with Gasteiger partial charge in [-0.15, -0.1) is 10.2 Å². The van der Waals surface area contributed by atoms with Gasteiger partial charge in [0.05, 0.1) is 6.04 Å². The second kappa shape index (κ2) is 6.27. The van der Waals surface area contributed by atoms with Crippen molar-refractivity contribution in [2.75, 3.05) is 0 Å². The van der Waals surface area contributed by atoms with Crippen LogP contribution in [0, 0.1) is 0 Å². The zero-order chi connectivity index (χ0) is 16.3. The van der Waals surface area contributed by atoms with E-state index in [1.165, 1.54) is 11.0 Å². The van der Waals surface area contributed by atoms with Crippen LogP contribution < -0.4 is 5.32 Å². The average molecular weight is 325 g/mol. The summed E-state index contributed by atoms with van der Waals surface area (Å²) in [5.41, 5.74) is -0.570. The normalized spacial score (nSPS) is 12.8. The Morgan fingerprint density at radius 3 is 2.68 bits per heavy atom. The molecule has 118 valence electrons. The van der Waals surface area contributed by atoms with Gasteiger partial charge in [0.1, 0.15) is 11.9 Å². The van der Waals surface area contributed by atoms with Crippen molar-refractivity contribution in [3.05, 3.63) is 29.4 Å². The molecule has 0 spiro atoms. The SMILES string of the molecule is C[C@H](NC(=O)OC(C)(C)C)c1ncnn1-c1ccc(Cl)nn1. The fourth-order valence-electron chi connectivity index (χ4n) is 1.69. The Kier molecular flexibility index (Phi) is 4.60. The summed E-state index contributed by atoms with van der Waals surface area (Å²) in [4.78, 5) is 16.0. The van der Waals surface area contributed by atoms with Gasteiger partial charge in [0.15, 0.2) is 16.8 Å². The van der Waals surface area contributed by atoms with Gasteiger partial charge in [-0.2, -0.15) is 9.78 Å². The molecule has 1 atom stereocenters. The highest BCUT2D eigenvalue weighted by atomic mass is 35.5. The van der Waals surface area contributed by atoms with Crippen LogP contribution in [-0.4, -0.2) is 36.7 Å². The minimum Gasteiger partial charge on any atom is -0.444 e. The van der Waals surface area contributed by atoms with Crippen molar-refractivity contribution in [3.63, 3.8) is 0 Å². The Morgan fingerprint density at radius 1 is 1.36 bits per heavy atom. The van der Waals surface area contributed by atoms with Crippen LogP contribution in [0.4, 0.5) is 4.79 Å². The minimum atomic E-state index is -0.570. The molecule has 0 aliphatic carbocycles. The molecule has 2 rings (SSSR count). The van der Waals surface area contributed by atoms with Crippen molar-refractivity contribution in [2.24, 2.45) is 0 Å². The molecule has 22 heavy (non-hydrogen) atoms. The summed E-state index contributed by atoms with van der Waals surface area (Å²) in [6.07, 6.45) is 0.843. The maximum Gasteiger partial charge on any atom is 0.408 e. The second-order valence-corrected chi connectivity index (χ2v) is 6.00. The van der Waals surface area contributed by atoms with E-state index in [9.17, 15) is 4.79 Å². The summed E-state index contributed by atoms with van der Waals surface area (Å²) in [6.45, 7) is 7.16. The summed E-state index contributed by atoms with van der Waals surface area (Å²) in [7, 11) is 0. The Labute approximate surface area is 132 Å². The zero-order valence-electron chi connectivity index (χ0n) is 12.7. The van der Waals surface area contributed by atoms with Gasteiger partial charge in [0.25, 0.3) is 0 Å². The number of halogens is 1. The zero-order valence-corrected chi connectivity index (χ0v) is 13.5. The quantitative estimate of drug-likeness (QED) is 0.930. The van der Waals surface area contributed by atoms with Crippen molar-refractivity contribution in [3.8, 4) is 5.82 Å². The van der Waals surface area contributed by atoms with E-state index in [-0.39, 0.29) is 5.15 Å². The van der Waals surface area contributed by atoms with Crippen LogP contribution in [0.2, 0.25) is 5.15 Å². The predicted octanol–water partition coefficient (Wildman–Crippen LogP) is 2.30. The standard InChI is InChI=1S/C13H17ClN6O2/c1-8(17-12(21)22-13(2,3)4)11-15-7-16-20(11)10-6-5-9(14)18-19-10/h5-8H,1-4H3,(H,17,21)/t8-/m0/s1. The second-order valence-electron chi connectivity index (χ2n) is 5.61. The minimum absolute atomic E-state index is 0.283. The number of hydrogen-bond acceptors (Lipinski definition) is 6. The summed E-state index contributed by atoms with van der Waals surface area (Å²) < 4.78 is 6.69. The Bertz CT molecular complexity index is 649. The predicted molar refractivity (Wildman–Crippen MR) is 79.7 cm³/mol. The third-order valence-corrected chi connectivity index (χ3v) is 2.73. The van der Waals surface area contributed by atoms with E-state index in [1.807, 2.05) is 0 Å². The number of alkyl carbamates (subject to hydrolysis) is 1. The summed E-state index contributed by atoms with van der Waals surface area (Å²) in [6, 6.07) is 2.84. The highest BCUT2D eigenvalue weighted by Crippen LogP contribution is 2.15. The first-order valence-electron chi connectivity index (χ1n) is 6.65. The summed E-state index contributed by atoms with van der Waals surface area (Å²) >= 11 is 5.71. The molecule has 8 nitrogen and oxygen atoms in total. The van der Waals surface area contributed by atoms with E-state index in [0.717, 1.165) is 0 Å². The van der Waals surface area contributed by atoms with Gasteiger partial charge in [-0.1, -0.05) is 11.6 Å². The molecule has 0 bridgehead atoms. The van der Waals surface area contributed by atoms with Crippen LogP contribution in [0.5, 0.6) is 0 Å². The lowest BCUT2D eigenvalue weighted by Gasteiger charge is -2.21. The monoisotopic (exact) mass is 324 g/mol. The molecule has 1 N–H and O–H groups in total. The molecular formula is C13H17ClN6O2. The van der Waals surface area contributed by atoms with Crippen LogP contribution in [0.25, 0.3) is 5.82 Å². The topological polar surface area (TPSA) is 94.8 Å². The molecule has 0 fully saturated rings. The van der Waals surface area contributed by atoms with Gasteiger partial charge in [0.2, 0.25) is 0 Å². The number of carbonyl (C=O) groups excluding carboxylic acids is 1. The molecular weight excluding hydrogens is 308 g/mol. The molecule has 0 aromatic carbocycles. The Morgan fingerprint density at radius 2 is 2.09 bits per heavy atom. The van der Waals surface area contributed by atoms with Gasteiger partial charge in [-0.05, 0) is 39.8 Å². The van der Waals surface area contributed by atoms with Gasteiger partial charge in [-0.3, -0.25) is 0 Å². The number of aromatic nitrogens is 5. The van der Waals surface area contributed by atoms with Gasteiger partial charge in [-0.25, -0.2) is 9.78 Å². The van der Waals surface area contributed by atoms with Crippen LogP contribution in [0.1, 0.15) is 39.6 Å². The fourth-order valence-corrected chi connectivity index (χ4v) is 1.79. The largest absolute Gasteiger partial charge is 0.444 e. The maximum absolute atomic E-state index is 11.8. The van der Waals surface area contributed by atoms with E-state index < -0.39 is 17.7 Å². The van der Waals surface area contributed by atoms with E-state index >= 15 is 0 Å². The molecule has 0 saturated heterocycles. The van der Waals surface area contributed by atoms with Crippen molar-refractivity contribution in [2.45, 2.75) is 39.3 Å². The van der Waals surface area contributed by atoms with E-state index in [1.54, 1.807) is 39.8 Å². The van der Waals surface area contributed by atoms with Gasteiger partial charge >= 0.3 is 6.09 Å². The third-order valence-electron chi connectivity index (χ3n) is 2.53. The fraction of sp³-hybridized carbons (Fsp3) is 0.462. The molecule has 0 aliphatic rings. The molecule has 9 heteroatoms. The molecule has 2 aromatic heterocycles. The van der Waals surface area contributed by atoms with Crippen molar-refractivity contribution in [1.82, 2.24) is 30.3 Å². The van der Waals surface area contributed by atoms with Gasteiger partial charge in [0, 0.05) is 0 Å². The van der Waals surface area contributed by atoms with E-state index in [2.05, 4.69) is 25.6 Å². The number of rotatable bonds is 3. The third kappa shape index (κ3) is 4.14. The molecule has 0 aliphatic heterocycles. The summed E-state index contributed by atoms with van der Waals surface area (Å²) in [5.74, 6) is 0.956. The molecule has 2 aromatic rings. The first kappa shape index (κ1) is 16.2. The first-order valence-corrected chi connectivity index (χ1v) is 7.03. The van der Waals surface area contributed by atoms with Crippen LogP contribution in [0.15, 0.2) is 18.5 Å². The average Bonchev–Trinajstić information content (AvgIpc) is 2.86. The molecule has 0 radical (unpaired) electrons. The number of amides is 1. The molecule has 0 unspecified atom stereocenters. The smallest absolute Gasteiger partial charge is 0.408 e. The lowest BCUT2D eigenvalue weighted by Crippen LogP contribution is -2.35. The number of ether oxygens (including phenoxy) is 1. The molecule has 2 heterocycles. The van der Waals surface area contributed by atoms with Crippen LogP contribution >= 0.6 is 11.6 Å². The van der Waals surface area contributed by atoms with Crippen molar-refractivity contribution in [1.29, 1.82) is 0 Å². The number of nitrogens with one attached hydrogen (secondary N) is 1. The van der Waals surface area contributed by atoms with Crippen LogP contribution in [0.3, 0.4) is 0 Å². The molecule has 1 amide bonds. The number of carbonyl (C=O) groups is 1. The highest BCUT2D eigenvalue weighted by molar-refractivity contribution is 6.29. The van der Waals surface area contributed by atoms with Crippen molar-refractivity contribution >= 4 is 17.7 Å². The Hall–Kier alpha value is -2.22. The maximum atomic E-state index is 11.8. The summed E-state index contributed by atoms with van der Waals surface area (Å²) in [5, 5.41) is 14.8. The first-order chi connectivity index (χ1) is 10.3. The molecule has 0 saturated carbocycles. The number of hydrogen-bond donors (Lipinski definition) is 1. The van der Waals surface area contributed by atoms with Crippen molar-refractivity contribution < 1.29 is 9.53 Å². The number of nitrogens with zero attached hydrogens (tertiary/aromatic N) is 5.